The first-order valence-electron chi connectivity index (χ1n) is 8.05. The van der Waals surface area contributed by atoms with Crippen LogP contribution in [0.5, 0.6) is 5.75 Å². The molecule has 0 saturated carbocycles. The van der Waals surface area contributed by atoms with Gasteiger partial charge in [-0.25, -0.2) is 0 Å². The second-order valence-corrected chi connectivity index (χ2v) is 5.84. The second-order valence-electron chi connectivity index (χ2n) is 5.84. The van der Waals surface area contributed by atoms with Crippen molar-refractivity contribution in [2.75, 3.05) is 13.2 Å². The number of halogens is 3. The molecular formula is C19H19F3N2O. The van der Waals surface area contributed by atoms with Crippen LogP contribution in [0.4, 0.5) is 13.2 Å². The lowest BCUT2D eigenvalue weighted by Gasteiger charge is -2.10. The van der Waals surface area contributed by atoms with Crippen LogP contribution in [0.1, 0.15) is 11.1 Å². The Morgan fingerprint density at radius 2 is 1.88 bits per heavy atom. The van der Waals surface area contributed by atoms with Crippen molar-refractivity contribution in [1.29, 1.82) is 0 Å². The summed E-state index contributed by atoms with van der Waals surface area (Å²) in [6.45, 7) is 0.0749. The first-order chi connectivity index (χ1) is 12.0. The number of rotatable bonds is 7. The molecule has 1 heterocycles. The van der Waals surface area contributed by atoms with E-state index in [1.807, 2.05) is 30.5 Å². The van der Waals surface area contributed by atoms with Gasteiger partial charge < -0.3 is 15.0 Å². The first-order valence-corrected chi connectivity index (χ1v) is 8.05. The quantitative estimate of drug-likeness (QED) is 0.619. The second kappa shape index (κ2) is 7.61. The topological polar surface area (TPSA) is 37.0 Å². The highest BCUT2D eigenvalue weighted by Crippen LogP contribution is 2.20. The lowest BCUT2D eigenvalue weighted by atomic mass is 10.1. The lowest BCUT2D eigenvalue weighted by Crippen LogP contribution is -2.19. The molecule has 0 saturated heterocycles. The maximum atomic E-state index is 12.2. The Morgan fingerprint density at radius 1 is 1.04 bits per heavy atom. The molecule has 0 aliphatic carbocycles. The van der Waals surface area contributed by atoms with E-state index >= 15 is 0 Å². The number of benzene rings is 2. The van der Waals surface area contributed by atoms with Crippen molar-refractivity contribution in [1.82, 2.24) is 10.3 Å². The summed E-state index contributed by atoms with van der Waals surface area (Å²) in [5.74, 6) is 0.230. The SMILES string of the molecule is FC(F)(F)COc1cccc(CNCCc2c[nH]c3ccccc23)c1. The van der Waals surface area contributed by atoms with Gasteiger partial charge in [0, 0.05) is 23.6 Å². The number of nitrogens with one attached hydrogen (secondary N) is 2. The van der Waals surface area contributed by atoms with Gasteiger partial charge in [-0.05, 0) is 42.3 Å². The van der Waals surface area contributed by atoms with Crippen LogP contribution in [0.2, 0.25) is 0 Å². The number of aromatic amines is 1. The number of hydrogen-bond donors (Lipinski definition) is 2. The van der Waals surface area contributed by atoms with Crippen molar-refractivity contribution in [2.24, 2.45) is 0 Å². The van der Waals surface area contributed by atoms with Gasteiger partial charge in [-0.1, -0.05) is 30.3 Å². The van der Waals surface area contributed by atoms with E-state index in [0.717, 1.165) is 24.0 Å². The highest BCUT2D eigenvalue weighted by Gasteiger charge is 2.28. The van der Waals surface area contributed by atoms with E-state index in [0.29, 0.717) is 6.54 Å². The molecule has 0 unspecified atom stereocenters. The Hall–Kier alpha value is -2.47. The zero-order valence-corrected chi connectivity index (χ0v) is 13.6. The number of para-hydroxylation sites is 1. The van der Waals surface area contributed by atoms with Gasteiger partial charge in [0.15, 0.2) is 6.61 Å². The standard InChI is InChI=1S/C19H19F3N2O/c20-19(21,22)13-25-16-5-3-4-14(10-16)11-23-9-8-15-12-24-18-7-2-1-6-17(15)18/h1-7,10,12,23-24H,8-9,11,13H2. The van der Waals surface area contributed by atoms with Crippen molar-refractivity contribution in [2.45, 2.75) is 19.1 Å². The number of hydrogen-bond acceptors (Lipinski definition) is 2. The number of ether oxygens (including phenoxy) is 1. The summed E-state index contributed by atoms with van der Waals surface area (Å²) in [6.07, 6.45) is -1.44. The van der Waals surface area contributed by atoms with Gasteiger partial charge in [-0.15, -0.1) is 0 Å². The minimum atomic E-state index is -4.33. The van der Waals surface area contributed by atoms with E-state index in [9.17, 15) is 13.2 Å². The van der Waals surface area contributed by atoms with Gasteiger partial charge in [-0.2, -0.15) is 13.2 Å². The van der Waals surface area contributed by atoms with Gasteiger partial charge >= 0.3 is 6.18 Å². The highest BCUT2D eigenvalue weighted by atomic mass is 19.4. The van der Waals surface area contributed by atoms with Crippen molar-refractivity contribution in [3.8, 4) is 5.75 Å². The molecule has 25 heavy (non-hydrogen) atoms. The molecule has 0 radical (unpaired) electrons. The fourth-order valence-electron chi connectivity index (χ4n) is 2.70. The number of aromatic nitrogens is 1. The minimum Gasteiger partial charge on any atom is -0.484 e. The van der Waals surface area contributed by atoms with Crippen molar-refractivity contribution in [3.05, 3.63) is 65.9 Å². The van der Waals surface area contributed by atoms with E-state index in [1.54, 1.807) is 12.1 Å². The average Bonchev–Trinajstić information content (AvgIpc) is 3.00. The van der Waals surface area contributed by atoms with Crippen LogP contribution in [-0.2, 0) is 13.0 Å². The molecule has 0 aliphatic rings. The highest BCUT2D eigenvalue weighted by molar-refractivity contribution is 5.83. The molecule has 2 N–H and O–H groups in total. The Balaban J connectivity index is 1.49. The Kier molecular flexibility index (Phi) is 5.28. The van der Waals surface area contributed by atoms with Crippen LogP contribution < -0.4 is 10.1 Å². The first kappa shape index (κ1) is 17.4. The van der Waals surface area contributed by atoms with Crippen LogP contribution in [-0.4, -0.2) is 24.3 Å². The third-order valence-electron chi connectivity index (χ3n) is 3.88. The van der Waals surface area contributed by atoms with Gasteiger partial charge in [0.2, 0.25) is 0 Å². The van der Waals surface area contributed by atoms with E-state index in [2.05, 4.69) is 16.4 Å². The molecule has 3 rings (SSSR count). The van der Waals surface area contributed by atoms with Crippen LogP contribution in [0.15, 0.2) is 54.7 Å². The van der Waals surface area contributed by atoms with Gasteiger partial charge in [-0.3, -0.25) is 0 Å². The van der Waals surface area contributed by atoms with Crippen molar-refractivity contribution < 1.29 is 17.9 Å². The summed E-state index contributed by atoms with van der Waals surface area (Å²) in [5.41, 5.74) is 3.25. The molecule has 6 heteroatoms. The maximum absolute atomic E-state index is 12.2. The summed E-state index contributed by atoms with van der Waals surface area (Å²) in [4.78, 5) is 3.24. The molecule has 1 aromatic heterocycles. The predicted molar refractivity (Wildman–Crippen MR) is 91.7 cm³/mol. The Bertz CT molecular complexity index is 827. The van der Waals surface area contributed by atoms with Crippen molar-refractivity contribution in [3.63, 3.8) is 0 Å². The molecule has 0 aliphatic heterocycles. The van der Waals surface area contributed by atoms with Gasteiger partial charge in [0.05, 0.1) is 0 Å². The maximum Gasteiger partial charge on any atom is 0.422 e. The van der Waals surface area contributed by atoms with E-state index in [4.69, 9.17) is 4.74 Å². The zero-order valence-electron chi connectivity index (χ0n) is 13.6. The minimum absolute atomic E-state index is 0.230. The van der Waals surface area contributed by atoms with Crippen molar-refractivity contribution >= 4 is 10.9 Å². The summed E-state index contributed by atoms with van der Waals surface area (Å²) in [5, 5.41) is 4.53. The summed E-state index contributed by atoms with van der Waals surface area (Å²) >= 11 is 0. The summed E-state index contributed by atoms with van der Waals surface area (Å²) < 4.78 is 41.4. The molecule has 2 aromatic carbocycles. The van der Waals surface area contributed by atoms with Crippen LogP contribution in [0.3, 0.4) is 0 Å². The number of H-pyrrole nitrogens is 1. The summed E-state index contributed by atoms with van der Waals surface area (Å²) in [6, 6.07) is 14.8. The van der Waals surface area contributed by atoms with Crippen LogP contribution >= 0.6 is 0 Å². The molecule has 0 atom stereocenters. The van der Waals surface area contributed by atoms with E-state index < -0.39 is 12.8 Å². The number of fused-ring (bicyclic) bond motifs is 1. The lowest BCUT2D eigenvalue weighted by molar-refractivity contribution is -0.153. The molecule has 3 aromatic rings. The smallest absolute Gasteiger partial charge is 0.422 e. The molecular weight excluding hydrogens is 329 g/mol. The largest absolute Gasteiger partial charge is 0.484 e. The van der Waals surface area contributed by atoms with Crippen LogP contribution in [0, 0.1) is 0 Å². The third-order valence-corrected chi connectivity index (χ3v) is 3.88. The third kappa shape index (κ3) is 5.00. The van der Waals surface area contributed by atoms with Gasteiger partial charge in [0.25, 0.3) is 0 Å². The zero-order chi connectivity index (χ0) is 17.7. The molecule has 0 bridgehead atoms. The molecule has 0 fully saturated rings. The monoisotopic (exact) mass is 348 g/mol. The molecule has 3 nitrogen and oxygen atoms in total. The van der Waals surface area contributed by atoms with E-state index in [1.165, 1.54) is 17.0 Å². The number of alkyl halides is 3. The summed E-state index contributed by atoms with van der Waals surface area (Å²) in [7, 11) is 0. The Labute approximate surface area is 143 Å². The molecule has 0 spiro atoms. The van der Waals surface area contributed by atoms with Crippen LogP contribution in [0.25, 0.3) is 10.9 Å². The normalized spacial score (nSPS) is 11.8. The fraction of sp³-hybridized carbons (Fsp3) is 0.263. The van der Waals surface area contributed by atoms with E-state index in [-0.39, 0.29) is 5.75 Å². The Morgan fingerprint density at radius 3 is 2.72 bits per heavy atom. The fourth-order valence-corrected chi connectivity index (χ4v) is 2.70. The molecule has 132 valence electrons. The van der Waals surface area contributed by atoms with Gasteiger partial charge in [0.1, 0.15) is 5.75 Å². The molecule has 0 amide bonds. The predicted octanol–water partition coefficient (Wildman–Crippen LogP) is 4.44. The average molecular weight is 348 g/mol.